The predicted molar refractivity (Wildman–Crippen MR) is 66.7 cm³/mol. The molecule has 0 saturated carbocycles. The lowest BCUT2D eigenvalue weighted by atomic mass is 10.2. The van der Waals surface area contributed by atoms with E-state index in [0.29, 0.717) is 5.69 Å². The van der Waals surface area contributed by atoms with E-state index in [-0.39, 0.29) is 5.75 Å². The van der Waals surface area contributed by atoms with Crippen molar-refractivity contribution in [3.8, 4) is 5.75 Å². The lowest BCUT2D eigenvalue weighted by molar-refractivity contribution is 0.478. The standard InChI is InChI=1S/C10H11N3OS2/c1-6-12-10(16-13-6)15-5-7-2-3-9(14)8(11)4-7/h2-4,14H,5,11H2,1H3. The van der Waals surface area contributed by atoms with Crippen LogP contribution < -0.4 is 5.73 Å². The van der Waals surface area contributed by atoms with Gasteiger partial charge in [-0.2, -0.15) is 4.37 Å². The highest BCUT2D eigenvalue weighted by Crippen LogP contribution is 2.27. The second-order valence-corrected chi connectivity index (χ2v) is 5.26. The number of nitrogens with two attached hydrogens (primary N) is 1. The Kier molecular flexibility index (Phi) is 3.31. The number of aromatic hydroxyl groups is 1. The first kappa shape index (κ1) is 11.2. The largest absolute Gasteiger partial charge is 0.506 e. The fourth-order valence-electron chi connectivity index (χ4n) is 1.18. The highest BCUT2D eigenvalue weighted by atomic mass is 32.2. The molecule has 0 aliphatic carbocycles. The molecule has 0 aliphatic rings. The maximum Gasteiger partial charge on any atom is 0.170 e. The van der Waals surface area contributed by atoms with E-state index >= 15 is 0 Å². The molecule has 6 heteroatoms. The molecule has 0 aliphatic heterocycles. The zero-order valence-corrected chi connectivity index (χ0v) is 10.3. The van der Waals surface area contributed by atoms with Crippen LogP contribution in [0.25, 0.3) is 0 Å². The van der Waals surface area contributed by atoms with Gasteiger partial charge in [0.1, 0.15) is 11.6 Å². The quantitative estimate of drug-likeness (QED) is 0.499. The number of thioether (sulfide) groups is 1. The molecule has 2 rings (SSSR count). The predicted octanol–water partition coefficient (Wildman–Crippen LogP) is 2.43. The molecule has 0 saturated heterocycles. The summed E-state index contributed by atoms with van der Waals surface area (Å²) in [6.07, 6.45) is 0. The molecule has 0 unspecified atom stereocenters. The van der Waals surface area contributed by atoms with Crippen molar-refractivity contribution in [1.29, 1.82) is 0 Å². The fraction of sp³-hybridized carbons (Fsp3) is 0.200. The Morgan fingerprint density at radius 1 is 1.50 bits per heavy atom. The van der Waals surface area contributed by atoms with Gasteiger partial charge in [-0.3, -0.25) is 0 Å². The third kappa shape index (κ3) is 2.65. The first-order valence-corrected chi connectivity index (χ1v) is 6.41. The van der Waals surface area contributed by atoms with E-state index in [9.17, 15) is 5.11 Å². The molecular weight excluding hydrogens is 242 g/mol. The smallest absolute Gasteiger partial charge is 0.170 e. The summed E-state index contributed by atoms with van der Waals surface area (Å²) < 4.78 is 5.05. The van der Waals surface area contributed by atoms with Crippen molar-refractivity contribution in [1.82, 2.24) is 9.36 Å². The molecule has 4 nitrogen and oxygen atoms in total. The average Bonchev–Trinajstić information content (AvgIpc) is 2.66. The van der Waals surface area contributed by atoms with Crippen molar-refractivity contribution < 1.29 is 5.11 Å². The van der Waals surface area contributed by atoms with Gasteiger partial charge in [-0.25, -0.2) is 4.98 Å². The molecule has 84 valence electrons. The summed E-state index contributed by atoms with van der Waals surface area (Å²) in [4.78, 5) is 4.26. The number of aryl methyl sites for hydroxylation is 1. The van der Waals surface area contributed by atoms with E-state index in [2.05, 4.69) is 9.36 Å². The number of rotatable bonds is 3. The zero-order chi connectivity index (χ0) is 11.5. The van der Waals surface area contributed by atoms with Crippen LogP contribution in [0, 0.1) is 6.92 Å². The molecular formula is C10H11N3OS2. The fourth-order valence-corrected chi connectivity index (χ4v) is 2.77. The van der Waals surface area contributed by atoms with Gasteiger partial charge in [-0.05, 0) is 36.2 Å². The molecule has 16 heavy (non-hydrogen) atoms. The van der Waals surface area contributed by atoms with Crippen molar-refractivity contribution in [2.45, 2.75) is 17.0 Å². The van der Waals surface area contributed by atoms with Crippen LogP contribution in [0.2, 0.25) is 0 Å². The SMILES string of the molecule is Cc1nsc(SCc2ccc(O)c(N)c2)n1. The Labute approximate surface area is 102 Å². The summed E-state index contributed by atoms with van der Waals surface area (Å²) in [6.45, 7) is 1.87. The molecule has 0 radical (unpaired) electrons. The number of hydrogen-bond donors (Lipinski definition) is 2. The van der Waals surface area contributed by atoms with E-state index in [1.165, 1.54) is 11.5 Å². The monoisotopic (exact) mass is 253 g/mol. The summed E-state index contributed by atoms with van der Waals surface area (Å²) in [5, 5.41) is 9.28. The van der Waals surface area contributed by atoms with Gasteiger partial charge in [0.15, 0.2) is 4.34 Å². The Morgan fingerprint density at radius 3 is 2.94 bits per heavy atom. The molecule has 0 amide bonds. The van der Waals surface area contributed by atoms with Crippen LogP contribution in [0.4, 0.5) is 5.69 Å². The molecule has 1 aromatic carbocycles. The second kappa shape index (κ2) is 4.71. The van der Waals surface area contributed by atoms with Crippen molar-refractivity contribution in [2.75, 3.05) is 5.73 Å². The van der Waals surface area contributed by atoms with E-state index in [1.807, 2.05) is 13.0 Å². The highest BCUT2D eigenvalue weighted by molar-refractivity contribution is 8.00. The van der Waals surface area contributed by atoms with Gasteiger partial charge in [0, 0.05) is 5.75 Å². The van der Waals surface area contributed by atoms with Crippen LogP contribution >= 0.6 is 23.3 Å². The Hall–Kier alpha value is -1.27. The van der Waals surface area contributed by atoms with Crippen LogP contribution in [0.15, 0.2) is 22.5 Å². The van der Waals surface area contributed by atoms with Crippen LogP contribution in [-0.4, -0.2) is 14.5 Å². The summed E-state index contributed by atoms with van der Waals surface area (Å²) in [5.41, 5.74) is 7.08. The second-order valence-electron chi connectivity index (χ2n) is 3.29. The normalized spacial score (nSPS) is 10.6. The summed E-state index contributed by atoms with van der Waals surface area (Å²) in [5.74, 6) is 1.71. The van der Waals surface area contributed by atoms with Gasteiger partial charge in [-0.15, -0.1) is 0 Å². The van der Waals surface area contributed by atoms with Gasteiger partial charge >= 0.3 is 0 Å². The number of anilines is 1. The van der Waals surface area contributed by atoms with Crippen molar-refractivity contribution in [2.24, 2.45) is 0 Å². The van der Waals surface area contributed by atoms with Crippen molar-refractivity contribution in [3.63, 3.8) is 0 Å². The number of phenolic OH excluding ortho intramolecular Hbond substituents is 1. The Morgan fingerprint density at radius 2 is 2.31 bits per heavy atom. The Balaban J connectivity index is 2.02. The van der Waals surface area contributed by atoms with Gasteiger partial charge in [0.2, 0.25) is 0 Å². The molecule has 0 atom stereocenters. The van der Waals surface area contributed by atoms with Gasteiger partial charge in [0.05, 0.1) is 5.69 Å². The van der Waals surface area contributed by atoms with E-state index in [0.717, 1.165) is 21.5 Å². The van der Waals surface area contributed by atoms with Crippen molar-refractivity contribution >= 4 is 29.0 Å². The molecule has 1 heterocycles. The highest BCUT2D eigenvalue weighted by Gasteiger charge is 2.03. The van der Waals surface area contributed by atoms with E-state index in [4.69, 9.17) is 5.73 Å². The summed E-state index contributed by atoms with van der Waals surface area (Å²) in [7, 11) is 0. The maximum absolute atomic E-state index is 9.28. The van der Waals surface area contributed by atoms with Gasteiger partial charge in [0.25, 0.3) is 0 Å². The van der Waals surface area contributed by atoms with Crippen LogP contribution in [0.3, 0.4) is 0 Å². The number of phenols is 1. The summed E-state index contributed by atoms with van der Waals surface area (Å²) in [6, 6.07) is 5.24. The topological polar surface area (TPSA) is 72.0 Å². The molecule has 1 aromatic heterocycles. The molecule has 0 bridgehead atoms. The lowest BCUT2D eigenvalue weighted by Crippen LogP contribution is -1.88. The molecule has 3 N–H and O–H groups in total. The minimum absolute atomic E-state index is 0.125. The average molecular weight is 253 g/mol. The minimum atomic E-state index is 0.125. The van der Waals surface area contributed by atoms with E-state index in [1.54, 1.807) is 23.9 Å². The van der Waals surface area contributed by atoms with Gasteiger partial charge < -0.3 is 10.8 Å². The zero-order valence-electron chi connectivity index (χ0n) is 8.67. The number of nitrogen functional groups attached to an aromatic ring is 1. The van der Waals surface area contributed by atoms with Crippen molar-refractivity contribution in [3.05, 3.63) is 29.6 Å². The maximum atomic E-state index is 9.28. The van der Waals surface area contributed by atoms with E-state index < -0.39 is 0 Å². The number of nitrogens with zero attached hydrogens (tertiary/aromatic N) is 2. The Bertz CT molecular complexity index is 499. The third-order valence-electron chi connectivity index (χ3n) is 1.96. The van der Waals surface area contributed by atoms with Crippen LogP contribution in [-0.2, 0) is 5.75 Å². The molecule has 0 spiro atoms. The van der Waals surface area contributed by atoms with Crippen LogP contribution in [0.1, 0.15) is 11.4 Å². The number of hydrogen-bond acceptors (Lipinski definition) is 6. The lowest BCUT2D eigenvalue weighted by Gasteiger charge is -2.02. The molecule has 2 aromatic rings. The minimum Gasteiger partial charge on any atom is -0.506 e. The van der Waals surface area contributed by atoms with Crippen LogP contribution in [0.5, 0.6) is 5.75 Å². The van der Waals surface area contributed by atoms with Gasteiger partial charge in [-0.1, -0.05) is 17.8 Å². The first-order valence-electron chi connectivity index (χ1n) is 4.65. The first-order chi connectivity index (χ1) is 7.65. The molecule has 0 fully saturated rings. The summed E-state index contributed by atoms with van der Waals surface area (Å²) >= 11 is 3.01. The number of benzene rings is 1. The third-order valence-corrected chi connectivity index (χ3v) is 3.96. The number of aromatic nitrogens is 2.